The second-order valence-corrected chi connectivity index (χ2v) is 12.2. The lowest BCUT2D eigenvalue weighted by Gasteiger charge is -2.35. The van der Waals surface area contributed by atoms with Gasteiger partial charge >= 0.3 is 0 Å². The van der Waals surface area contributed by atoms with Crippen molar-refractivity contribution in [3.8, 4) is 5.75 Å². The van der Waals surface area contributed by atoms with Gasteiger partial charge in [-0.05, 0) is 53.1 Å². The molecule has 0 aliphatic carbocycles. The lowest BCUT2D eigenvalue weighted by Crippen LogP contribution is -2.50. The van der Waals surface area contributed by atoms with E-state index in [0.29, 0.717) is 45.5 Å². The molecular formula is C26H24N4O4S4. The van der Waals surface area contributed by atoms with Crippen LogP contribution in [0.2, 0.25) is 0 Å². The third-order valence-electron chi connectivity index (χ3n) is 6.17. The molecule has 3 amide bonds. The molecule has 2 fully saturated rings. The molecule has 2 aromatic rings. The van der Waals surface area contributed by atoms with E-state index < -0.39 is 0 Å². The number of carbonyl (C=O) groups is 3. The SMILES string of the molecule is COc1ccc(/C=C2/SC(N3CCN(C(=O)CCN4C(=O)/C(=C/c5cccs5)SC4=S)CC3)=NC2=O)cc1. The molecule has 0 atom stereocenters. The maximum Gasteiger partial charge on any atom is 0.286 e. The summed E-state index contributed by atoms with van der Waals surface area (Å²) in [5, 5.41) is 2.62. The predicted molar refractivity (Wildman–Crippen MR) is 158 cm³/mol. The first-order chi connectivity index (χ1) is 18.4. The fraction of sp³-hybridized carbons (Fsp3) is 0.269. The molecule has 1 aromatic carbocycles. The van der Waals surface area contributed by atoms with E-state index in [0.717, 1.165) is 16.2 Å². The van der Waals surface area contributed by atoms with E-state index >= 15 is 0 Å². The Balaban J connectivity index is 1.10. The zero-order valence-corrected chi connectivity index (χ0v) is 23.8. The van der Waals surface area contributed by atoms with Crippen LogP contribution in [0.15, 0.2) is 56.6 Å². The number of thiocarbonyl (C=S) groups is 1. The van der Waals surface area contributed by atoms with E-state index in [1.54, 1.807) is 23.3 Å². The molecule has 196 valence electrons. The van der Waals surface area contributed by atoms with Crippen molar-refractivity contribution in [1.82, 2.24) is 14.7 Å². The minimum Gasteiger partial charge on any atom is -0.497 e. The molecule has 0 saturated carbocycles. The maximum absolute atomic E-state index is 12.9. The predicted octanol–water partition coefficient (Wildman–Crippen LogP) is 4.16. The lowest BCUT2D eigenvalue weighted by molar-refractivity contribution is -0.133. The van der Waals surface area contributed by atoms with Crippen molar-refractivity contribution in [2.45, 2.75) is 6.42 Å². The summed E-state index contributed by atoms with van der Waals surface area (Å²) in [4.78, 5) is 49.9. The number of aliphatic imine (C=N–C) groups is 1. The van der Waals surface area contributed by atoms with Gasteiger partial charge in [-0.1, -0.05) is 42.2 Å². The van der Waals surface area contributed by atoms with Gasteiger partial charge in [0.15, 0.2) is 5.17 Å². The zero-order valence-electron chi connectivity index (χ0n) is 20.5. The highest BCUT2D eigenvalue weighted by Crippen LogP contribution is 2.34. The molecule has 0 spiro atoms. The third kappa shape index (κ3) is 6.04. The molecular weight excluding hydrogens is 561 g/mol. The summed E-state index contributed by atoms with van der Waals surface area (Å²) in [6, 6.07) is 11.4. The fourth-order valence-electron chi connectivity index (χ4n) is 4.09. The lowest BCUT2D eigenvalue weighted by atomic mass is 10.2. The number of piperazine rings is 1. The van der Waals surface area contributed by atoms with Crippen LogP contribution in [0.25, 0.3) is 12.2 Å². The van der Waals surface area contributed by atoms with Gasteiger partial charge in [0.25, 0.3) is 11.8 Å². The minimum atomic E-state index is -0.254. The number of rotatable bonds is 6. The van der Waals surface area contributed by atoms with E-state index in [-0.39, 0.29) is 30.7 Å². The summed E-state index contributed by atoms with van der Waals surface area (Å²) in [5.74, 6) is 0.339. The number of thioether (sulfide) groups is 2. The maximum atomic E-state index is 12.9. The number of hydrogen-bond donors (Lipinski definition) is 0. The number of hydrogen-bond acceptors (Lipinski definition) is 9. The molecule has 1 aromatic heterocycles. The number of carbonyl (C=O) groups excluding carboxylic acids is 3. The topological polar surface area (TPSA) is 82.5 Å². The largest absolute Gasteiger partial charge is 0.497 e. The van der Waals surface area contributed by atoms with Crippen molar-refractivity contribution in [1.29, 1.82) is 0 Å². The smallest absolute Gasteiger partial charge is 0.286 e. The van der Waals surface area contributed by atoms with Crippen molar-refractivity contribution in [2.24, 2.45) is 4.99 Å². The first-order valence-corrected chi connectivity index (χ1v) is 14.8. The Hall–Kier alpha value is -2.93. The average molecular weight is 585 g/mol. The van der Waals surface area contributed by atoms with Gasteiger partial charge in [-0.15, -0.1) is 11.3 Å². The van der Waals surface area contributed by atoms with Crippen LogP contribution in [0, 0.1) is 0 Å². The van der Waals surface area contributed by atoms with E-state index in [9.17, 15) is 14.4 Å². The Morgan fingerprint density at radius 1 is 1.05 bits per heavy atom. The van der Waals surface area contributed by atoms with Crippen molar-refractivity contribution in [2.75, 3.05) is 39.8 Å². The fourth-order valence-corrected chi connectivity index (χ4v) is 7.09. The van der Waals surface area contributed by atoms with Gasteiger partial charge in [-0.3, -0.25) is 19.3 Å². The summed E-state index contributed by atoms with van der Waals surface area (Å²) < 4.78 is 5.66. The molecule has 8 nitrogen and oxygen atoms in total. The Morgan fingerprint density at radius 2 is 1.82 bits per heavy atom. The van der Waals surface area contributed by atoms with Crippen molar-refractivity contribution in [3.05, 3.63) is 62.0 Å². The Kier molecular flexibility index (Phi) is 8.32. The Morgan fingerprint density at radius 3 is 2.50 bits per heavy atom. The second-order valence-electron chi connectivity index (χ2n) is 8.55. The minimum absolute atomic E-state index is 0.0156. The van der Waals surface area contributed by atoms with E-state index in [1.165, 1.54) is 28.4 Å². The highest BCUT2D eigenvalue weighted by atomic mass is 32.2. The van der Waals surface area contributed by atoms with Gasteiger partial charge in [0, 0.05) is 44.0 Å². The number of amides is 3. The van der Waals surface area contributed by atoms with Crippen LogP contribution in [-0.2, 0) is 14.4 Å². The average Bonchev–Trinajstić information content (AvgIpc) is 3.64. The van der Waals surface area contributed by atoms with Crippen LogP contribution in [0.3, 0.4) is 0 Å². The summed E-state index contributed by atoms with van der Waals surface area (Å²) in [6.45, 7) is 2.50. The van der Waals surface area contributed by atoms with Crippen LogP contribution in [0.5, 0.6) is 5.75 Å². The van der Waals surface area contributed by atoms with Crippen molar-refractivity contribution in [3.63, 3.8) is 0 Å². The Bertz CT molecular complexity index is 1340. The van der Waals surface area contributed by atoms with Crippen LogP contribution in [0.4, 0.5) is 0 Å². The van der Waals surface area contributed by atoms with Crippen LogP contribution in [-0.4, -0.2) is 81.7 Å². The molecule has 0 N–H and O–H groups in total. The molecule has 12 heteroatoms. The van der Waals surface area contributed by atoms with Crippen LogP contribution >= 0.6 is 47.1 Å². The van der Waals surface area contributed by atoms with Crippen LogP contribution < -0.4 is 4.74 Å². The Labute approximate surface area is 238 Å². The number of ether oxygens (including phenoxy) is 1. The molecule has 0 unspecified atom stereocenters. The van der Waals surface area contributed by atoms with Gasteiger partial charge in [0.05, 0.1) is 16.9 Å². The molecule has 5 rings (SSSR count). The molecule has 0 bridgehead atoms. The van der Waals surface area contributed by atoms with Gasteiger partial charge in [-0.25, -0.2) is 0 Å². The van der Waals surface area contributed by atoms with E-state index in [2.05, 4.69) is 4.99 Å². The van der Waals surface area contributed by atoms with E-state index in [1.807, 2.05) is 58.8 Å². The molecule has 38 heavy (non-hydrogen) atoms. The van der Waals surface area contributed by atoms with Crippen LogP contribution in [0.1, 0.15) is 16.9 Å². The first-order valence-electron chi connectivity index (χ1n) is 11.9. The monoisotopic (exact) mass is 584 g/mol. The van der Waals surface area contributed by atoms with Crippen molar-refractivity contribution < 1.29 is 19.1 Å². The van der Waals surface area contributed by atoms with E-state index in [4.69, 9.17) is 17.0 Å². The van der Waals surface area contributed by atoms with Gasteiger partial charge in [0.1, 0.15) is 10.1 Å². The van der Waals surface area contributed by atoms with Gasteiger partial charge < -0.3 is 14.5 Å². The van der Waals surface area contributed by atoms with Gasteiger partial charge in [-0.2, -0.15) is 4.99 Å². The number of nitrogens with zero attached hydrogens (tertiary/aromatic N) is 4. The summed E-state index contributed by atoms with van der Waals surface area (Å²) in [7, 11) is 1.61. The quantitative estimate of drug-likeness (QED) is 0.370. The van der Waals surface area contributed by atoms with Crippen molar-refractivity contribution >= 4 is 86.4 Å². The highest BCUT2D eigenvalue weighted by Gasteiger charge is 2.33. The molecule has 3 aliphatic heterocycles. The first kappa shape index (κ1) is 26.7. The highest BCUT2D eigenvalue weighted by molar-refractivity contribution is 8.26. The normalized spacial score (nSPS) is 20.2. The summed E-state index contributed by atoms with van der Waals surface area (Å²) in [6.07, 6.45) is 3.88. The molecule has 2 saturated heterocycles. The number of benzene rings is 1. The number of amidine groups is 1. The summed E-state index contributed by atoms with van der Waals surface area (Å²) in [5.41, 5.74) is 0.900. The standard InChI is InChI=1S/C26H24N4O4S4/c1-34-18-6-4-17(5-7-18)15-20-23(32)27-25(37-20)29-12-10-28(11-13-29)22(31)8-9-30-24(33)21(38-26(30)35)16-19-3-2-14-36-19/h2-7,14-16H,8-13H2,1H3/b20-15+,21-16-. The second kappa shape index (κ2) is 11.9. The third-order valence-corrected chi connectivity index (χ3v) is 9.41. The molecule has 0 radical (unpaired) electrons. The zero-order chi connectivity index (χ0) is 26.6. The number of methoxy groups -OCH3 is 1. The van der Waals surface area contributed by atoms with Gasteiger partial charge in [0.2, 0.25) is 5.91 Å². The molecule has 4 heterocycles. The summed E-state index contributed by atoms with van der Waals surface area (Å²) >= 11 is 9.58. The number of thiophene rings is 1. The molecule has 3 aliphatic rings.